The Hall–Kier alpha value is -0.570. The van der Waals surface area contributed by atoms with E-state index in [1.807, 2.05) is 11.9 Å². The first kappa shape index (κ1) is 8.05. The van der Waals surface area contributed by atoms with Gasteiger partial charge in [-0.15, -0.1) is 0 Å². The van der Waals surface area contributed by atoms with Crippen LogP contribution in [0.4, 0.5) is 0 Å². The molecule has 0 unspecified atom stereocenters. The molecule has 2 fully saturated rings. The van der Waals surface area contributed by atoms with Crippen molar-refractivity contribution in [3.05, 3.63) is 0 Å². The van der Waals surface area contributed by atoms with Crippen LogP contribution in [0.1, 0.15) is 19.3 Å². The van der Waals surface area contributed by atoms with Crippen molar-refractivity contribution in [2.45, 2.75) is 19.3 Å². The molecule has 68 valence electrons. The van der Waals surface area contributed by atoms with E-state index in [9.17, 15) is 4.79 Å². The van der Waals surface area contributed by atoms with E-state index in [0.29, 0.717) is 5.91 Å². The molecule has 1 spiro atoms. The molecule has 0 saturated carbocycles. The Labute approximate surface area is 73.1 Å². The molecule has 0 bridgehead atoms. The number of carbonyl (C=O) groups is 1. The molecule has 0 aromatic carbocycles. The molecule has 2 heterocycles. The van der Waals surface area contributed by atoms with Gasteiger partial charge in [-0.25, -0.2) is 0 Å². The third kappa shape index (κ3) is 1.04. The Morgan fingerprint density at radius 2 is 2.33 bits per heavy atom. The van der Waals surface area contributed by atoms with Crippen molar-refractivity contribution in [2.75, 3.05) is 26.7 Å². The second kappa shape index (κ2) is 2.73. The van der Waals surface area contributed by atoms with Crippen LogP contribution in [0.2, 0.25) is 0 Å². The van der Waals surface area contributed by atoms with Crippen LogP contribution in [-0.4, -0.2) is 37.5 Å². The SMILES string of the molecule is CN1CC[C@@]2(CCCNC2)C1=O. The lowest BCUT2D eigenvalue weighted by molar-refractivity contribution is -0.135. The normalized spacial score (nSPS) is 36.4. The van der Waals surface area contributed by atoms with E-state index in [0.717, 1.165) is 38.9 Å². The minimum atomic E-state index is -0.0208. The predicted octanol–water partition coefficient (Wildman–Crippen LogP) is 0.218. The van der Waals surface area contributed by atoms with Gasteiger partial charge in [0.15, 0.2) is 0 Å². The molecule has 2 aliphatic heterocycles. The number of nitrogens with zero attached hydrogens (tertiary/aromatic N) is 1. The van der Waals surface area contributed by atoms with Crippen molar-refractivity contribution in [3.63, 3.8) is 0 Å². The second-order valence-corrected chi connectivity index (χ2v) is 4.04. The average molecular weight is 168 g/mol. The number of amides is 1. The largest absolute Gasteiger partial charge is 0.345 e. The molecule has 3 nitrogen and oxygen atoms in total. The van der Waals surface area contributed by atoms with Gasteiger partial charge < -0.3 is 10.2 Å². The van der Waals surface area contributed by atoms with Gasteiger partial charge in [-0.3, -0.25) is 4.79 Å². The zero-order chi connectivity index (χ0) is 8.60. The zero-order valence-corrected chi connectivity index (χ0v) is 7.60. The van der Waals surface area contributed by atoms with Crippen molar-refractivity contribution in [2.24, 2.45) is 5.41 Å². The zero-order valence-electron chi connectivity index (χ0n) is 7.60. The topological polar surface area (TPSA) is 32.3 Å². The highest BCUT2D eigenvalue weighted by molar-refractivity contribution is 5.85. The van der Waals surface area contributed by atoms with Crippen LogP contribution in [0, 0.1) is 5.41 Å². The fourth-order valence-corrected chi connectivity index (χ4v) is 2.36. The van der Waals surface area contributed by atoms with Crippen LogP contribution in [0.5, 0.6) is 0 Å². The summed E-state index contributed by atoms with van der Waals surface area (Å²) >= 11 is 0. The number of hydrogen-bond acceptors (Lipinski definition) is 2. The number of hydrogen-bond donors (Lipinski definition) is 1. The molecule has 3 heteroatoms. The van der Waals surface area contributed by atoms with Gasteiger partial charge in [-0.2, -0.15) is 0 Å². The third-order valence-electron chi connectivity index (χ3n) is 3.20. The Morgan fingerprint density at radius 1 is 1.50 bits per heavy atom. The van der Waals surface area contributed by atoms with Gasteiger partial charge in [-0.05, 0) is 25.8 Å². The van der Waals surface area contributed by atoms with E-state index in [1.54, 1.807) is 0 Å². The number of piperidine rings is 1. The molecule has 0 aromatic heterocycles. The van der Waals surface area contributed by atoms with Crippen molar-refractivity contribution in [1.82, 2.24) is 10.2 Å². The summed E-state index contributed by atoms with van der Waals surface area (Å²) < 4.78 is 0. The van der Waals surface area contributed by atoms with Crippen molar-refractivity contribution in [1.29, 1.82) is 0 Å². The Kier molecular flexibility index (Phi) is 1.83. The maximum Gasteiger partial charge on any atom is 0.229 e. The molecule has 2 rings (SSSR count). The molecule has 1 N–H and O–H groups in total. The van der Waals surface area contributed by atoms with Crippen molar-refractivity contribution < 1.29 is 4.79 Å². The van der Waals surface area contributed by atoms with Crippen molar-refractivity contribution in [3.8, 4) is 0 Å². The maximum absolute atomic E-state index is 11.8. The molecular formula is C9H16N2O. The number of carbonyl (C=O) groups excluding carboxylic acids is 1. The molecule has 2 aliphatic rings. The van der Waals surface area contributed by atoms with Gasteiger partial charge in [-0.1, -0.05) is 0 Å². The standard InChI is InChI=1S/C9H16N2O/c1-11-6-4-9(8(11)12)3-2-5-10-7-9/h10H,2-7H2,1H3/t9-/m1/s1. The third-order valence-corrected chi connectivity index (χ3v) is 3.20. The van der Waals surface area contributed by atoms with E-state index in [-0.39, 0.29) is 5.41 Å². The second-order valence-electron chi connectivity index (χ2n) is 4.04. The maximum atomic E-state index is 11.8. The fraction of sp³-hybridized carbons (Fsp3) is 0.889. The van der Waals surface area contributed by atoms with Gasteiger partial charge in [0.25, 0.3) is 0 Å². The summed E-state index contributed by atoms with van der Waals surface area (Å²) in [6, 6.07) is 0. The average Bonchev–Trinajstić information content (AvgIpc) is 2.37. The highest BCUT2D eigenvalue weighted by Gasteiger charge is 2.45. The highest BCUT2D eigenvalue weighted by atomic mass is 16.2. The minimum absolute atomic E-state index is 0.0208. The minimum Gasteiger partial charge on any atom is -0.345 e. The molecule has 0 aliphatic carbocycles. The fourth-order valence-electron chi connectivity index (χ4n) is 2.36. The van der Waals surface area contributed by atoms with E-state index in [4.69, 9.17) is 0 Å². The lowest BCUT2D eigenvalue weighted by atomic mass is 9.79. The monoisotopic (exact) mass is 168 g/mol. The predicted molar refractivity (Wildman–Crippen MR) is 46.8 cm³/mol. The van der Waals surface area contributed by atoms with E-state index < -0.39 is 0 Å². The summed E-state index contributed by atoms with van der Waals surface area (Å²) in [7, 11) is 1.91. The van der Waals surface area contributed by atoms with Crippen LogP contribution in [0.3, 0.4) is 0 Å². The van der Waals surface area contributed by atoms with Crippen LogP contribution < -0.4 is 5.32 Å². The van der Waals surface area contributed by atoms with Crippen molar-refractivity contribution >= 4 is 5.91 Å². The highest BCUT2D eigenvalue weighted by Crippen LogP contribution is 2.36. The Morgan fingerprint density at radius 3 is 2.83 bits per heavy atom. The van der Waals surface area contributed by atoms with E-state index >= 15 is 0 Å². The molecular weight excluding hydrogens is 152 g/mol. The Bertz CT molecular complexity index is 191. The first-order valence-corrected chi connectivity index (χ1v) is 4.71. The number of rotatable bonds is 0. The summed E-state index contributed by atoms with van der Waals surface area (Å²) in [5.74, 6) is 0.356. The summed E-state index contributed by atoms with van der Waals surface area (Å²) in [5.41, 5.74) is -0.0208. The smallest absolute Gasteiger partial charge is 0.229 e. The van der Waals surface area contributed by atoms with Crippen LogP contribution in [0.25, 0.3) is 0 Å². The lowest BCUT2D eigenvalue weighted by Gasteiger charge is -2.31. The first-order valence-electron chi connectivity index (χ1n) is 4.71. The molecule has 1 atom stereocenters. The summed E-state index contributed by atoms with van der Waals surface area (Å²) in [6.45, 7) is 2.93. The van der Waals surface area contributed by atoms with Gasteiger partial charge in [0.2, 0.25) is 5.91 Å². The summed E-state index contributed by atoms with van der Waals surface area (Å²) in [6.07, 6.45) is 3.29. The number of nitrogens with one attached hydrogen (secondary N) is 1. The molecule has 2 saturated heterocycles. The number of likely N-dealkylation sites (tertiary alicyclic amines) is 1. The van der Waals surface area contributed by atoms with E-state index in [1.165, 1.54) is 0 Å². The van der Waals surface area contributed by atoms with Gasteiger partial charge >= 0.3 is 0 Å². The molecule has 0 aromatic rings. The summed E-state index contributed by atoms with van der Waals surface area (Å²) in [5, 5.41) is 3.32. The van der Waals surface area contributed by atoms with Crippen LogP contribution in [0.15, 0.2) is 0 Å². The van der Waals surface area contributed by atoms with E-state index in [2.05, 4.69) is 5.32 Å². The van der Waals surface area contributed by atoms with Crippen LogP contribution >= 0.6 is 0 Å². The van der Waals surface area contributed by atoms with Crippen LogP contribution in [-0.2, 0) is 4.79 Å². The van der Waals surface area contributed by atoms with Gasteiger partial charge in [0.05, 0.1) is 5.41 Å². The van der Waals surface area contributed by atoms with Gasteiger partial charge in [0.1, 0.15) is 0 Å². The quantitative estimate of drug-likeness (QED) is 0.561. The first-order chi connectivity index (χ1) is 5.75. The molecule has 12 heavy (non-hydrogen) atoms. The lowest BCUT2D eigenvalue weighted by Crippen LogP contribution is -2.45. The van der Waals surface area contributed by atoms with Gasteiger partial charge in [0, 0.05) is 20.1 Å². The molecule has 0 radical (unpaired) electrons. The molecule has 1 amide bonds. The summed E-state index contributed by atoms with van der Waals surface area (Å²) in [4.78, 5) is 13.6. The Balaban J connectivity index is 2.14.